The summed E-state index contributed by atoms with van der Waals surface area (Å²) in [6.07, 6.45) is 4.79. The minimum atomic E-state index is -0.144. The van der Waals surface area contributed by atoms with Crippen LogP contribution in [0.2, 0.25) is 0 Å². The minimum Gasteiger partial charge on any atom is -0.387 e. The van der Waals surface area contributed by atoms with Crippen molar-refractivity contribution in [1.82, 2.24) is 9.80 Å². The molecule has 19 heavy (non-hydrogen) atoms. The first-order chi connectivity index (χ1) is 8.81. The largest absolute Gasteiger partial charge is 0.387 e. The lowest BCUT2D eigenvalue weighted by Gasteiger charge is -2.32. The molecule has 0 aliphatic carbocycles. The second-order valence-electron chi connectivity index (χ2n) is 6.91. The van der Waals surface area contributed by atoms with Gasteiger partial charge in [-0.05, 0) is 65.3 Å². The van der Waals surface area contributed by atoms with Crippen molar-refractivity contribution in [3.05, 3.63) is 0 Å². The zero-order valence-electron chi connectivity index (χ0n) is 13.2. The van der Waals surface area contributed by atoms with Crippen molar-refractivity contribution in [3.63, 3.8) is 0 Å². The molecule has 0 aromatic carbocycles. The number of likely N-dealkylation sites (tertiary alicyclic amines) is 1. The molecule has 1 saturated heterocycles. The minimum absolute atomic E-state index is 0.144. The smallest absolute Gasteiger partial charge is 0.0963 e. The first-order valence-corrected chi connectivity index (χ1v) is 7.53. The molecule has 0 atom stereocenters. The molecule has 1 fully saturated rings. The van der Waals surface area contributed by atoms with Gasteiger partial charge in [-0.15, -0.1) is 0 Å². The molecule has 1 aliphatic rings. The summed E-state index contributed by atoms with van der Waals surface area (Å²) < 4.78 is 0. The fourth-order valence-electron chi connectivity index (χ4n) is 2.70. The summed E-state index contributed by atoms with van der Waals surface area (Å²) in [6, 6.07) is 0. The molecule has 0 aromatic heterocycles. The van der Waals surface area contributed by atoms with E-state index in [9.17, 15) is 0 Å². The third-order valence-electron chi connectivity index (χ3n) is 4.48. The van der Waals surface area contributed by atoms with Crippen LogP contribution in [0.3, 0.4) is 0 Å². The Morgan fingerprint density at radius 1 is 1.37 bits per heavy atom. The number of hydrogen-bond donors (Lipinski definition) is 2. The molecule has 112 valence electrons. The maximum absolute atomic E-state index is 7.57. The number of rotatable bonds is 7. The van der Waals surface area contributed by atoms with Crippen LogP contribution in [0.4, 0.5) is 0 Å². The van der Waals surface area contributed by atoms with E-state index in [1.165, 1.54) is 32.5 Å². The lowest BCUT2D eigenvalue weighted by atomic mass is 9.86. The Bertz CT molecular complexity index is 280. The second kappa shape index (κ2) is 7.25. The maximum Gasteiger partial charge on any atom is 0.0963 e. The van der Waals surface area contributed by atoms with Crippen molar-refractivity contribution in [2.75, 3.05) is 40.3 Å². The summed E-state index contributed by atoms with van der Waals surface area (Å²) in [7, 11) is 4.43. The Labute approximate surface area is 118 Å². The van der Waals surface area contributed by atoms with E-state index >= 15 is 0 Å². The van der Waals surface area contributed by atoms with Gasteiger partial charge in [0.25, 0.3) is 0 Å². The van der Waals surface area contributed by atoms with Gasteiger partial charge in [-0.1, -0.05) is 13.8 Å². The highest BCUT2D eigenvalue weighted by Crippen LogP contribution is 2.22. The molecule has 0 amide bonds. The summed E-state index contributed by atoms with van der Waals surface area (Å²) in [5.41, 5.74) is 5.47. The van der Waals surface area contributed by atoms with E-state index in [0.717, 1.165) is 25.3 Å². The van der Waals surface area contributed by atoms with Gasteiger partial charge in [0.1, 0.15) is 0 Å². The molecule has 0 spiro atoms. The molecule has 1 aliphatic heterocycles. The van der Waals surface area contributed by atoms with E-state index in [1.54, 1.807) is 0 Å². The van der Waals surface area contributed by atoms with Crippen LogP contribution in [0, 0.1) is 16.7 Å². The van der Waals surface area contributed by atoms with Gasteiger partial charge in [0, 0.05) is 12.0 Å². The summed E-state index contributed by atoms with van der Waals surface area (Å²) in [4.78, 5) is 4.87. The SMILES string of the molecule is CN1CCC(CN(C)CCCC(C)(C)C(=N)N)CC1. The molecule has 0 radical (unpaired) electrons. The fourth-order valence-corrected chi connectivity index (χ4v) is 2.70. The molecular formula is C15H32N4. The number of nitrogens with two attached hydrogens (primary N) is 1. The van der Waals surface area contributed by atoms with Crippen molar-refractivity contribution in [2.24, 2.45) is 17.1 Å². The summed E-state index contributed by atoms with van der Waals surface area (Å²) >= 11 is 0. The lowest BCUT2D eigenvalue weighted by molar-refractivity contribution is 0.173. The maximum atomic E-state index is 7.57. The number of amidine groups is 1. The highest BCUT2D eigenvalue weighted by Gasteiger charge is 2.22. The molecule has 0 saturated carbocycles. The molecule has 0 bridgehead atoms. The summed E-state index contributed by atoms with van der Waals surface area (Å²) in [5.74, 6) is 1.17. The lowest BCUT2D eigenvalue weighted by Crippen LogP contribution is -2.36. The van der Waals surface area contributed by atoms with Gasteiger partial charge in [-0.3, -0.25) is 5.41 Å². The average molecular weight is 268 g/mol. The monoisotopic (exact) mass is 268 g/mol. The van der Waals surface area contributed by atoms with Gasteiger partial charge in [0.2, 0.25) is 0 Å². The molecule has 4 nitrogen and oxygen atoms in total. The van der Waals surface area contributed by atoms with Crippen molar-refractivity contribution >= 4 is 5.84 Å². The van der Waals surface area contributed by atoms with E-state index in [0.29, 0.717) is 5.84 Å². The number of nitrogens with one attached hydrogen (secondary N) is 1. The predicted molar refractivity (Wildman–Crippen MR) is 82.6 cm³/mol. The Hall–Kier alpha value is -0.610. The van der Waals surface area contributed by atoms with E-state index < -0.39 is 0 Å². The zero-order chi connectivity index (χ0) is 14.5. The van der Waals surface area contributed by atoms with Crippen LogP contribution in [0.5, 0.6) is 0 Å². The number of hydrogen-bond acceptors (Lipinski definition) is 3. The Morgan fingerprint density at radius 3 is 2.47 bits per heavy atom. The van der Waals surface area contributed by atoms with Crippen LogP contribution >= 0.6 is 0 Å². The molecule has 4 heteroatoms. The van der Waals surface area contributed by atoms with E-state index in [-0.39, 0.29) is 5.41 Å². The predicted octanol–water partition coefficient (Wildman–Crippen LogP) is 2.00. The molecular weight excluding hydrogens is 236 g/mol. The Morgan fingerprint density at radius 2 is 1.95 bits per heavy atom. The Kier molecular flexibility index (Phi) is 6.27. The molecule has 1 heterocycles. The van der Waals surface area contributed by atoms with Crippen LogP contribution in [-0.2, 0) is 0 Å². The summed E-state index contributed by atoms with van der Waals surface area (Å²) in [5, 5.41) is 7.57. The van der Waals surface area contributed by atoms with Crippen LogP contribution in [-0.4, -0.2) is 55.9 Å². The van der Waals surface area contributed by atoms with E-state index in [4.69, 9.17) is 11.1 Å². The van der Waals surface area contributed by atoms with Gasteiger partial charge >= 0.3 is 0 Å². The van der Waals surface area contributed by atoms with Gasteiger partial charge in [0.05, 0.1) is 5.84 Å². The third-order valence-corrected chi connectivity index (χ3v) is 4.48. The van der Waals surface area contributed by atoms with Gasteiger partial charge < -0.3 is 15.5 Å². The number of piperidine rings is 1. The first kappa shape index (κ1) is 16.4. The van der Waals surface area contributed by atoms with Gasteiger partial charge in [0.15, 0.2) is 0 Å². The van der Waals surface area contributed by atoms with Crippen molar-refractivity contribution in [3.8, 4) is 0 Å². The van der Waals surface area contributed by atoms with Gasteiger partial charge in [-0.25, -0.2) is 0 Å². The standard InChI is InChI=1S/C15H32N4/c1-15(2,14(16)17)8-5-9-19(4)12-13-6-10-18(3)11-7-13/h13H,5-12H2,1-4H3,(H3,16,17). The highest BCUT2D eigenvalue weighted by atomic mass is 15.1. The van der Waals surface area contributed by atoms with Crippen LogP contribution < -0.4 is 5.73 Å². The fraction of sp³-hybridized carbons (Fsp3) is 0.933. The third kappa shape index (κ3) is 5.91. The Balaban J connectivity index is 2.18. The summed E-state index contributed by atoms with van der Waals surface area (Å²) in [6.45, 7) is 8.95. The quantitative estimate of drug-likeness (QED) is 0.548. The average Bonchev–Trinajstić information content (AvgIpc) is 2.31. The molecule has 0 aromatic rings. The van der Waals surface area contributed by atoms with E-state index in [2.05, 4.69) is 37.7 Å². The van der Waals surface area contributed by atoms with Crippen molar-refractivity contribution in [1.29, 1.82) is 5.41 Å². The van der Waals surface area contributed by atoms with Gasteiger partial charge in [-0.2, -0.15) is 0 Å². The number of nitrogens with zero attached hydrogens (tertiary/aromatic N) is 2. The van der Waals surface area contributed by atoms with Crippen molar-refractivity contribution < 1.29 is 0 Å². The normalized spacial score (nSPS) is 19.0. The van der Waals surface area contributed by atoms with Crippen LogP contribution in [0.25, 0.3) is 0 Å². The molecule has 1 rings (SSSR count). The van der Waals surface area contributed by atoms with Crippen molar-refractivity contribution in [2.45, 2.75) is 39.5 Å². The highest BCUT2D eigenvalue weighted by molar-refractivity contribution is 5.82. The van der Waals surface area contributed by atoms with E-state index in [1.807, 2.05) is 0 Å². The topological polar surface area (TPSA) is 56.4 Å². The van der Waals surface area contributed by atoms with Crippen LogP contribution in [0.15, 0.2) is 0 Å². The first-order valence-electron chi connectivity index (χ1n) is 7.53. The van der Waals surface area contributed by atoms with Crippen LogP contribution in [0.1, 0.15) is 39.5 Å². The molecule has 3 N–H and O–H groups in total. The molecule has 0 unspecified atom stereocenters. The zero-order valence-corrected chi connectivity index (χ0v) is 13.2. The second-order valence-corrected chi connectivity index (χ2v) is 6.91.